The molecule has 0 saturated carbocycles. The second-order valence-electron chi connectivity index (χ2n) is 4.56. The standard InChI is InChI=1S/C13H20BrN5O2/c1-3-15-11-10(14)12(17-9-16-11)18-5-7-19(8-6-18)13(20)21-4-2/h9H,3-8H2,1-2H3,(H,15,16,17). The summed E-state index contributed by atoms with van der Waals surface area (Å²) in [5, 5.41) is 3.19. The number of hydrogen-bond acceptors (Lipinski definition) is 6. The van der Waals surface area contributed by atoms with Crippen molar-refractivity contribution < 1.29 is 9.53 Å². The summed E-state index contributed by atoms with van der Waals surface area (Å²) in [6, 6.07) is 0. The molecule has 1 saturated heterocycles. The van der Waals surface area contributed by atoms with Crippen molar-refractivity contribution in [2.75, 3.05) is 49.5 Å². The maximum absolute atomic E-state index is 11.7. The summed E-state index contributed by atoms with van der Waals surface area (Å²) in [7, 11) is 0. The van der Waals surface area contributed by atoms with Crippen molar-refractivity contribution in [2.45, 2.75) is 13.8 Å². The Kier molecular flexibility index (Phi) is 5.60. The van der Waals surface area contributed by atoms with E-state index in [0.29, 0.717) is 19.7 Å². The van der Waals surface area contributed by atoms with E-state index in [4.69, 9.17) is 4.74 Å². The fraction of sp³-hybridized carbons (Fsp3) is 0.615. The predicted molar refractivity (Wildman–Crippen MR) is 84.7 cm³/mol. The molecule has 2 rings (SSSR count). The number of ether oxygens (including phenoxy) is 1. The topological polar surface area (TPSA) is 70.6 Å². The second-order valence-corrected chi connectivity index (χ2v) is 5.36. The maximum Gasteiger partial charge on any atom is 0.409 e. The molecule has 0 atom stereocenters. The Morgan fingerprint density at radius 3 is 2.67 bits per heavy atom. The van der Waals surface area contributed by atoms with Crippen molar-refractivity contribution in [3.8, 4) is 0 Å². The van der Waals surface area contributed by atoms with Gasteiger partial charge in [0, 0.05) is 32.7 Å². The number of aromatic nitrogens is 2. The quantitative estimate of drug-likeness (QED) is 0.887. The molecule has 1 aliphatic heterocycles. The number of halogens is 1. The third-order valence-corrected chi connectivity index (χ3v) is 3.95. The van der Waals surface area contributed by atoms with Crippen LogP contribution in [0.1, 0.15) is 13.8 Å². The fourth-order valence-electron chi connectivity index (χ4n) is 2.19. The minimum atomic E-state index is -0.243. The number of rotatable bonds is 4. The van der Waals surface area contributed by atoms with Crippen LogP contribution in [-0.2, 0) is 4.74 Å². The molecule has 0 unspecified atom stereocenters. The van der Waals surface area contributed by atoms with Gasteiger partial charge in [-0.1, -0.05) is 0 Å². The van der Waals surface area contributed by atoms with Crippen LogP contribution < -0.4 is 10.2 Å². The average Bonchev–Trinajstić information content (AvgIpc) is 2.50. The largest absolute Gasteiger partial charge is 0.450 e. The first-order chi connectivity index (χ1) is 10.2. The highest BCUT2D eigenvalue weighted by molar-refractivity contribution is 9.10. The zero-order valence-electron chi connectivity index (χ0n) is 12.3. The van der Waals surface area contributed by atoms with Crippen LogP contribution in [0.2, 0.25) is 0 Å². The van der Waals surface area contributed by atoms with Gasteiger partial charge in [0.05, 0.1) is 6.61 Å². The Bertz CT molecular complexity index is 491. The van der Waals surface area contributed by atoms with Gasteiger partial charge < -0.3 is 19.9 Å². The SMILES string of the molecule is CCNc1ncnc(N2CCN(C(=O)OCC)CC2)c1Br. The Morgan fingerprint density at radius 2 is 2.05 bits per heavy atom. The van der Waals surface area contributed by atoms with Crippen molar-refractivity contribution in [3.05, 3.63) is 10.8 Å². The summed E-state index contributed by atoms with van der Waals surface area (Å²) in [5.41, 5.74) is 0. The third-order valence-electron chi connectivity index (χ3n) is 3.22. The molecule has 1 aromatic heterocycles. The molecule has 2 heterocycles. The monoisotopic (exact) mass is 357 g/mol. The molecule has 0 aliphatic carbocycles. The van der Waals surface area contributed by atoms with E-state index >= 15 is 0 Å². The maximum atomic E-state index is 11.7. The van der Waals surface area contributed by atoms with Gasteiger partial charge in [0.1, 0.15) is 22.4 Å². The number of anilines is 2. The first kappa shape index (κ1) is 15.8. The van der Waals surface area contributed by atoms with E-state index in [2.05, 4.69) is 36.1 Å². The minimum absolute atomic E-state index is 0.243. The van der Waals surface area contributed by atoms with E-state index in [1.807, 2.05) is 13.8 Å². The smallest absolute Gasteiger partial charge is 0.409 e. The summed E-state index contributed by atoms with van der Waals surface area (Å²) in [4.78, 5) is 24.1. The van der Waals surface area contributed by atoms with Crippen molar-refractivity contribution in [1.29, 1.82) is 0 Å². The molecule has 1 aliphatic rings. The highest BCUT2D eigenvalue weighted by Crippen LogP contribution is 2.29. The van der Waals surface area contributed by atoms with Gasteiger partial charge in [-0.3, -0.25) is 0 Å². The van der Waals surface area contributed by atoms with Crippen molar-refractivity contribution >= 4 is 33.7 Å². The summed E-state index contributed by atoms with van der Waals surface area (Å²) in [5.74, 6) is 1.64. The highest BCUT2D eigenvalue weighted by atomic mass is 79.9. The second kappa shape index (κ2) is 7.44. The van der Waals surface area contributed by atoms with Gasteiger partial charge in [-0.15, -0.1) is 0 Å². The van der Waals surface area contributed by atoms with Gasteiger partial charge >= 0.3 is 6.09 Å². The molecule has 116 valence electrons. The molecule has 0 radical (unpaired) electrons. The van der Waals surface area contributed by atoms with Crippen molar-refractivity contribution in [3.63, 3.8) is 0 Å². The van der Waals surface area contributed by atoms with Crippen LogP contribution in [0.3, 0.4) is 0 Å². The lowest BCUT2D eigenvalue weighted by molar-refractivity contribution is 0.105. The zero-order chi connectivity index (χ0) is 15.2. The minimum Gasteiger partial charge on any atom is -0.450 e. The van der Waals surface area contributed by atoms with E-state index in [-0.39, 0.29) is 6.09 Å². The first-order valence-corrected chi connectivity index (χ1v) is 7.87. The van der Waals surface area contributed by atoms with Gasteiger partial charge in [0.15, 0.2) is 0 Å². The van der Waals surface area contributed by atoms with E-state index in [1.165, 1.54) is 0 Å². The van der Waals surface area contributed by atoms with Crippen LogP contribution >= 0.6 is 15.9 Å². The molecule has 1 aromatic rings. The number of amides is 1. The van der Waals surface area contributed by atoms with Crippen LogP contribution in [0.4, 0.5) is 16.4 Å². The Morgan fingerprint density at radius 1 is 1.33 bits per heavy atom. The van der Waals surface area contributed by atoms with Crippen LogP contribution in [0.15, 0.2) is 10.8 Å². The third kappa shape index (κ3) is 3.75. The van der Waals surface area contributed by atoms with E-state index in [0.717, 1.165) is 35.7 Å². The van der Waals surface area contributed by atoms with Crippen molar-refractivity contribution in [1.82, 2.24) is 14.9 Å². The van der Waals surface area contributed by atoms with Crippen LogP contribution in [-0.4, -0.2) is 60.3 Å². The normalized spacial score (nSPS) is 15.0. The van der Waals surface area contributed by atoms with E-state index < -0.39 is 0 Å². The molecule has 1 amide bonds. The lowest BCUT2D eigenvalue weighted by Crippen LogP contribution is -2.49. The molecule has 0 aromatic carbocycles. The predicted octanol–water partition coefficient (Wildman–Crippen LogP) is 1.95. The van der Waals surface area contributed by atoms with E-state index in [1.54, 1.807) is 11.2 Å². The van der Waals surface area contributed by atoms with Gasteiger partial charge in [-0.2, -0.15) is 0 Å². The summed E-state index contributed by atoms with van der Waals surface area (Å²) in [6.45, 7) is 7.74. The molecule has 0 spiro atoms. The Balaban J connectivity index is 2.02. The number of carbonyl (C=O) groups excluding carboxylic acids is 1. The van der Waals surface area contributed by atoms with Gasteiger partial charge in [-0.05, 0) is 29.8 Å². The Hall–Kier alpha value is -1.57. The van der Waals surface area contributed by atoms with Crippen LogP contribution in [0, 0.1) is 0 Å². The average molecular weight is 358 g/mol. The van der Waals surface area contributed by atoms with Gasteiger partial charge in [-0.25, -0.2) is 14.8 Å². The number of hydrogen-bond donors (Lipinski definition) is 1. The van der Waals surface area contributed by atoms with E-state index in [9.17, 15) is 4.79 Å². The number of nitrogens with one attached hydrogen (secondary N) is 1. The van der Waals surface area contributed by atoms with Crippen LogP contribution in [0.25, 0.3) is 0 Å². The fourth-order valence-corrected chi connectivity index (χ4v) is 2.78. The molecule has 21 heavy (non-hydrogen) atoms. The molecule has 1 N–H and O–H groups in total. The Labute approximate surface area is 132 Å². The lowest BCUT2D eigenvalue weighted by atomic mass is 10.3. The zero-order valence-corrected chi connectivity index (χ0v) is 13.9. The summed E-state index contributed by atoms with van der Waals surface area (Å²) >= 11 is 3.55. The van der Waals surface area contributed by atoms with Crippen LogP contribution in [0.5, 0.6) is 0 Å². The summed E-state index contributed by atoms with van der Waals surface area (Å²) in [6.07, 6.45) is 1.31. The van der Waals surface area contributed by atoms with Crippen molar-refractivity contribution in [2.24, 2.45) is 0 Å². The lowest BCUT2D eigenvalue weighted by Gasteiger charge is -2.35. The summed E-state index contributed by atoms with van der Waals surface area (Å²) < 4.78 is 5.88. The van der Waals surface area contributed by atoms with Gasteiger partial charge in [0.2, 0.25) is 0 Å². The molecule has 7 nitrogen and oxygen atoms in total. The molecule has 1 fully saturated rings. The highest BCUT2D eigenvalue weighted by Gasteiger charge is 2.24. The first-order valence-electron chi connectivity index (χ1n) is 7.08. The number of nitrogens with zero attached hydrogens (tertiary/aromatic N) is 4. The molecule has 0 bridgehead atoms. The number of piperazine rings is 1. The molecular formula is C13H20BrN5O2. The number of carbonyl (C=O) groups is 1. The molecular weight excluding hydrogens is 338 g/mol. The molecule has 8 heteroatoms. The van der Waals surface area contributed by atoms with Gasteiger partial charge in [0.25, 0.3) is 0 Å².